The SMILES string of the molecule is N#Cc1ccc(NS(=O)(=O)c2ccc(Oc3ccccc3-c3ccccc3)c(C#N)c2)nc1. The van der Waals surface area contributed by atoms with Crippen LogP contribution in [0.1, 0.15) is 11.1 Å². The van der Waals surface area contributed by atoms with Gasteiger partial charge in [-0.05, 0) is 42.0 Å². The third-order valence-corrected chi connectivity index (χ3v) is 6.06. The Kier molecular flexibility index (Phi) is 6.03. The number of aromatic nitrogens is 1. The van der Waals surface area contributed by atoms with E-state index in [1.807, 2.05) is 60.7 Å². The average molecular weight is 452 g/mol. The van der Waals surface area contributed by atoms with Crippen molar-refractivity contribution >= 4 is 15.8 Å². The van der Waals surface area contributed by atoms with Gasteiger partial charge in [0.2, 0.25) is 0 Å². The van der Waals surface area contributed by atoms with Crippen LogP contribution in [-0.4, -0.2) is 13.4 Å². The minimum atomic E-state index is -4.01. The summed E-state index contributed by atoms with van der Waals surface area (Å²) in [5.74, 6) is 0.830. The van der Waals surface area contributed by atoms with Gasteiger partial charge in [-0.15, -0.1) is 0 Å². The summed E-state index contributed by atoms with van der Waals surface area (Å²) < 4.78 is 33.9. The maximum absolute atomic E-state index is 12.8. The Morgan fingerprint density at radius 3 is 2.27 bits per heavy atom. The molecule has 0 aliphatic heterocycles. The highest BCUT2D eigenvalue weighted by molar-refractivity contribution is 7.92. The smallest absolute Gasteiger partial charge is 0.263 e. The van der Waals surface area contributed by atoms with Gasteiger partial charge in [-0.3, -0.25) is 4.72 Å². The van der Waals surface area contributed by atoms with Crippen LogP contribution in [0.15, 0.2) is 96.0 Å². The summed E-state index contributed by atoms with van der Waals surface area (Å²) in [5.41, 5.74) is 2.16. The fraction of sp³-hybridized carbons (Fsp3) is 0. The third-order valence-electron chi connectivity index (χ3n) is 4.71. The standard InChI is InChI=1S/C25H16N4O3S/c26-15-18-10-13-25(28-17-18)29-33(30,31)21-11-12-23(20(14-21)16-27)32-24-9-5-4-8-22(24)19-6-2-1-3-7-19/h1-14,17H,(H,28,29). The lowest BCUT2D eigenvalue weighted by Gasteiger charge is -2.13. The summed E-state index contributed by atoms with van der Waals surface area (Å²) in [5, 5.41) is 18.5. The largest absolute Gasteiger partial charge is 0.455 e. The highest BCUT2D eigenvalue weighted by Gasteiger charge is 2.18. The van der Waals surface area contributed by atoms with Crippen molar-refractivity contribution in [2.75, 3.05) is 4.72 Å². The molecule has 0 radical (unpaired) electrons. The average Bonchev–Trinajstić information content (AvgIpc) is 2.85. The van der Waals surface area contributed by atoms with Crippen molar-refractivity contribution in [1.29, 1.82) is 10.5 Å². The molecule has 1 heterocycles. The Morgan fingerprint density at radius 2 is 1.58 bits per heavy atom. The summed E-state index contributed by atoms with van der Waals surface area (Å²) >= 11 is 0. The Hall–Kier alpha value is -4.66. The number of anilines is 1. The van der Waals surface area contributed by atoms with E-state index < -0.39 is 10.0 Å². The van der Waals surface area contributed by atoms with Crippen molar-refractivity contribution in [1.82, 2.24) is 4.98 Å². The monoisotopic (exact) mass is 452 g/mol. The van der Waals surface area contributed by atoms with E-state index in [4.69, 9.17) is 10.00 Å². The van der Waals surface area contributed by atoms with Crippen LogP contribution in [0.5, 0.6) is 11.5 Å². The maximum Gasteiger partial charge on any atom is 0.263 e. The number of benzene rings is 3. The van der Waals surface area contributed by atoms with E-state index in [0.717, 1.165) is 11.1 Å². The van der Waals surface area contributed by atoms with Gasteiger partial charge in [-0.1, -0.05) is 48.5 Å². The van der Waals surface area contributed by atoms with Crippen LogP contribution < -0.4 is 9.46 Å². The van der Waals surface area contributed by atoms with Gasteiger partial charge in [0, 0.05) is 11.8 Å². The first-order chi connectivity index (χ1) is 16.0. The summed E-state index contributed by atoms with van der Waals surface area (Å²) in [4.78, 5) is 3.80. The number of nitriles is 2. The zero-order valence-electron chi connectivity index (χ0n) is 17.1. The van der Waals surface area contributed by atoms with E-state index >= 15 is 0 Å². The summed E-state index contributed by atoms with van der Waals surface area (Å²) in [6.07, 6.45) is 1.26. The Balaban J connectivity index is 1.63. The van der Waals surface area contributed by atoms with Gasteiger partial charge in [-0.25, -0.2) is 13.4 Å². The molecule has 33 heavy (non-hydrogen) atoms. The number of para-hydroxylation sites is 1. The predicted molar refractivity (Wildman–Crippen MR) is 123 cm³/mol. The first-order valence-corrected chi connectivity index (χ1v) is 11.2. The molecule has 0 unspecified atom stereocenters. The molecule has 7 nitrogen and oxygen atoms in total. The van der Waals surface area contributed by atoms with Crippen molar-refractivity contribution in [2.45, 2.75) is 4.90 Å². The highest BCUT2D eigenvalue weighted by Crippen LogP contribution is 2.35. The van der Waals surface area contributed by atoms with Gasteiger partial charge in [0.1, 0.15) is 29.5 Å². The lowest BCUT2D eigenvalue weighted by molar-refractivity contribution is 0.482. The van der Waals surface area contributed by atoms with Crippen molar-refractivity contribution in [3.8, 4) is 34.8 Å². The van der Waals surface area contributed by atoms with Crippen LogP contribution in [0.25, 0.3) is 11.1 Å². The molecule has 160 valence electrons. The van der Waals surface area contributed by atoms with Crippen molar-refractivity contribution in [2.24, 2.45) is 0 Å². The number of pyridine rings is 1. The second-order valence-electron chi connectivity index (χ2n) is 6.88. The van der Waals surface area contributed by atoms with E-state index in [1.165, 1.54) is 36.5 Å². The van der Waals surface area contributed by atoms with Crippen LogP contribution in [0.4, 0.5) is 5.82 Å². The molecular formula is C25H16N4O3S. The van der Waals surface area contributed by atoms with Gasteiger partial charge in [0.25, 0.3) is 10.0 Å². The molecule has 3 aromatic carbocycles. The summed E-state index contributed by atoms with van der Waals surface area (Å²) in [6, 6.07) is 27.8. The maximum atomic E-state index is 12.8. The second-order valence-corrected chi connectivity index (χ2v) is 8.57. The minimum Gasteiger partial charge on any atom is -0.455 e. The van der Waals surface area contributed by atoms with Crippen LogP contribution >= 0.6 is 0 Å². The number of hydrogen-bond donors (Lipinski definition) is 1. The Labute approximate surface area is 191 Å². The van der Waals surface area contributed by atoms with Crippen molar-refractivity contribution < 1.29 is 13.2 Å². The number of ether oxygens (including phenoxy) is 1. The van der Waals surface area contributed by atoms with Crippen LogP contribution in [0.2, 0.25) is 0 Å². The molecule has 0 aliphatic rings. The second kappa shape index (κ2) is 9.23. The number of rotatable bonds is 6. The zero-order valence-corrected chi connectivity index (χ0v) is 18.0. The summed E-state index contributed by atoms with van der Waals surface area (Å²) in [6.45, 7) is 0. The van der Waals surface area contributed by atoms with Crippen LogP contribution in [0, 0.1) is 22.7 Å². The van der Waals surface area contributed by atoms with E-state index in [-0.39, 0.29) is 22.0 Å². The number of nitrogens with one attached hydrogen (secondary N) is 1. The van der Waals surface area contributed by atoms with E-state index in [9.17, 15) is 13.7 Å². The lowest BCUT2D eigenvalue weighted by atomic mass is 10.0. The first kappa shape index (κ1) is 21.6. The molecule has 0 saturated carbocycles. The Morgan fingerprint density at radius 1 is 0.818 bits per heavy atom. The zero-order chi connectivity index (χ0) is 23.3. The topological polar surface area (TPSA) is 116 Å². The summed E-state index contributed by atoms with van der Waals surface area (Å²) in [7, 11) is -4.01. The quantitative estimate of drug-likeness (QED) is 0.436. The van der Waals surface area contributed by atoms with Crippen LogP contribution in [-0.2, 0) is 10.0 Å². The van der Waals surface area contributed by atoms with Crippen LogP contribution in [0.3, 0.4) is 0 Å². The molecule has 4 aromatic rings. The molecule has 4 rings (SSSR count). The predicted octanol–water partition coefficient (Wildman–Crippen LogP) is 5.09. The molecule has 1 aromatic heterocycles. The molecule has 0 amide bonds. The fourth-order valence-corrected chi connectivity index (χ4v) is 4.13. The first-order valence-electron chi connectivity index (χ1n) is 9.75. The van der Waals surface area contributed by atoms with E-state index in [2.05, 4.69) is 9.71 Å². The molecule has 0 aliphatic carbocycles. The molecule has 0 saturated heterocycles. The fourth-order valence-electron chi connectivity index (χ4n) is 3.10. The minimum absolute atomic E-state index is 0.0598. The van der Waals surface area contributed by atoms with E-state index in [0.29, 0.717) is 11.3 Å². The normalized spacial score (nSPS) is 10.6. The van der Waals surface area contributed by atoms with Gasteiger partial charge >= 0.3 is 0 Å². The van der Waals surface area contributed by atoms with Gasteiger partial charge < -0.3 is 4.74 Å². The van der Waals surface area contributed by atoms with Gasteiger partial charge in [0.05, 0.1) is 16.0 Å². The molecule has 0 bridgehead atoms. The molecule has 8 heteroatoms. The molecule has 0 spiro atoms. The number of nitrogens with zero attached hydrogens (tertiary/aromatic N) is 3. The van der Waals surface area contributed by atoms with Gasteiger partial charge in [-0.2, -0.15) is 10.5 Å². The third kappa shape index (κ3) is 4.82. The molecule has 0 fully saturated rings. The molecule has 1 N–H and O–H groups in total. The Bertz CT molecular complexity index is 1490. The van der Waals surface area contributed by atoms with Crippen molar-refractivity contribution in [3.63, 3.8) is 0 Å². The van der Waals surface area contributed by atoms with Crippen molar-refractivity contribution in [3.05, 3.63) is 102 Å². The highest BCUT2D eigenvalue weighted by atomic mass is 32.2. The molecular weight excluding hydrogens is 436 g/mol. The van der Waals surface area contributed by atoms with E-state index in [1.54, 1.807) is 6.07 Å². The van der Waals surface area contributed by atoms with Gasteiger partial charge in [0.15, 0.2) is 0 Å². The number of hydrogen-bond acceptors (Lipinski definition) is 6. The lowest BCUT2D eigenvalue weighted by Crippen LogP contribution is -2.14. The molecule has 0 atom stereocenters. The number of sulfonamides is 1.